The zero-order valence-corrected chi connectivity index (χ0v) is 20.4. The van der Waals surface area contributed by atoms with Crippen molar-refractivity contribution in [2.75, 3.05) is 14.1 Å². The van der Waals surface area contributed by atoms with E-state index in [0.717, 1.165) is 30.2 Å². The summed E-state index contributed by atoms with van der Waals surface area (Å²) in [5.74, 6) is 5.46. The number of amides is 1. The van der Waals surface area contributed by atoms with Crippen LogP contribution in [-0.2, 0) is 10.3 Å². The first-order valence-corrected chi connectivity index (χ1v) is 12.1. The molecule has 2 aromatic rings. The van der Waals surface area contributed by atoms with E-state index in [2.05, 4.69) is 21.8 Å². The van der Waals surface area contributed by atoms with Gasteiger partial charge in [-0.1, -0.05) is 35.7 Å². The summed E-state index contributed by atoms with van der Waals surface area (Å²) in [5, 5.41) is 0.195. The molecule has 2 atom stereocenters. The predicted molar refractivity (Wildman–Crippen MR) is 135 cm³/mol. The van der Waals surface area contributed by atoms with Crippen LogP contribution in [0.4, 0.5) is 8.78 Å². The lowest BCUT2D eigenvalue weighted by Gasteiger charge is -2.34. The quantitative estimate of drug-likeness (QED) is 0.506. The van der Waals surface area contributed by atoms with Crippen molar-refractivity contribution in [3.8, 4) is 11.8 Å². The molecule has 3 aliphatic rings. The Hall–Kier alpha value is -3.44. The van der Waals surface area contributed by atoms with Crippen molar-refractivity contribution in [1.29, 1.82) is 0 Å². The van der Waals surface area contributed by atoms with Gasteiger partial charge in [0.25, 0.3) is 0 Å². The first-order chi connectivity index (χ1) is 16.6. The molecular formula is C27H24F2N4OS. The third-order valence-electron chi connectivity index (χ3n) is 6.33. The van der Waals surface area contributed by atoms with Crippen LogP contribution in [-0.4, -0.2) is 39.8 Å². The molecule has 5 rings (SSSR count). The van der Waals surface area contributed by atoms with E-state index >= 15 is 8.78 Å². The van der Waals surface area contributed by atoms with Gasteiger partial charge in [-0.2, -0.15) is 0 Å². The van der Waals surface area contributed by atoms with Crippen LogP contribution in [0.15, 0.2) is 53.2 Å². The van der Waals surface area contributed by atoms with Crippen molar-refractivity contribution in [2.45, 2.75) is 30.1 Å². The highest BCUT2D eigenvalue weighted by atomic mass is 32.2. The molecule has 1 aromatic carbocycles. The summed E-state index contributed by atoms with van der Waals surface area (Å²) in [7, 11) is 3.32. The Bertz CT molecular complexity index is 1380. The molecule has 0 radical (unpaired) electrons. The number of aliphatic imine (C=N–C) groups is 1. The van der Waals surface area contributed by atoms with E-state index in [0.29, 0.717) is 17.1 Å². The summed E-state index contributed by atoms with van der Waals surface area (Å²) in [4.78, 5) is 23.0. The van der Waals surface area contributed by atoms with E-state index in [4.69, 9.17) is 5.73 Å². The molecule has 2 N–H and O–H groups in total. The van der Waals surface area contributed by atoms with E-state index in [1.54, 1.807) is 51.5 Å². The van der Waals surface area contributed by atoms with E-state index in [9.17, 15) is 4.79 Å². The summed E-state index contributed by atoms with van der Waals surface area (Å²) in [6.45, 7) is 1.72. The topological polar surface area (TPSA) is 71.6 Å². The lowest BCUT2D eigenvalue weighted by Crippen LogP contribution is -2.43. The van der Waals surface area contributed by atoms with Crippen molar-refractivity contribution in [2.24, 2.45) is 16.6 Å². The molecule has 0 saturated heterocycles. The van der Waals surface area contributed by atoms with Crippen LogP contribution in [0.1, 0.15) is 42.1 Å². The fraction of sp³-hybridized carbons (Fsp3) is 0.296. The molecule has 5 nitrogen and oxygen atoms in total. The van der Waals surface area contributed by atoms with Gasteiger partial charge in [-0.25, -0.2) is 13.8 Å². The minimum absolute atomic E-state index is 0.152. The van der Waals surface area contributed by atoms with Gasteiger partial charge < -0.3 is 10.6 Å². The van der Waals surface area contributed by atoms with Crippen LogP contribution < -0.4 is 5.73 Å². The minimum atomic E-state index is -1.18. The number of fused-ring (bicyclic) bond motifs is 1. The first-order valence-electron chi connectivity index (χ1n) is 11.3. The number of carbonyl (C=O) groups is 1. The maximum absolute atomic E-state index is 15.1. The minimum Gasteiger partial charge on any atom is -0.378 e. The number of nitrogens with two attached hydrogens (primary N) is 1. The lowest BCUT2D eigenvalue weighted by molar-refractivity contribution is -0.128. The van der Waals surface area contributed by atoms with E-state index in [1.165, 1.54) is 23.1 Å². The van der Waals surface area contributed by atoms with Crippen LogP contribution in [0, 0.1) is 23.6 Å². The summed E-state index contributed by atoms with van der Waals surface area (Å²) in [6, 6.07) is 7.62. The van der Waals surface area contributed by atoms with E-state index < -0.39 is 21.9 Å². The van der Waals surface area contributed by atoms with Gasteiger partial charge >= 0.3 is 0 Å². The van der Waals surface area contributed by atoms with Crippen LogP contribution >= 0.6 is 11.8 Å². The number of hydrogen-bond donors (Lipinski definition) is 1. The highest BCUT2D eigenvalue weighted by Crippen LogP contribution is 2.60. The van der Waals surface area contributed by atoms with Crippen molar-refractivity contribution < 1.29 is 13.6 Å². The molecule has 2 aliphatic carbocycles. The normalized spacial score (nSPS) is 25.0. The highest BCUT2D eigenvalue weighted by Gasteiger charge is 2.63. The number of nitrogens with zero attached hydrogens (tertiary/aromatic N) is 3. The second-order valence-electron chi connectivity index (χ2n) is 9.32. The van der Waals surface area contributed by atoms with Crippen LogP contribution in [0.5, 0.6) is 0 Å². The smallest absolute Gasteiger partial charge is 0.247 e. The maximum atomic E-state index is 15.1. The second kappa shape index (κ2) is 8.35. The van der Waals surface area contributed by atoms with Gasteiger partial charge in [0.05, 0.1) is 5.69 Å². The van der Waals surface area contributed by atoms with Crippen molar-refractivity contribution >= 4 is 34.7 Å². The molecule has 1 fully saturated rings. The maximum Gasteiger partial charge on any atom is 0.247 e. The highest BCUT2D eigenvalue weighted by molar-refractivity contribution is 8.16. The Kier molecular flexibility index (Phi) is 5.56. The number of pyridine rings is 1. The van der Waals surface area contributed by atoms with Crippen molar-refractivity contribution in [3.05, 3.63) is 76.4 Å². The summed E-state index contributed by atoms with van der Waals surface area (Å²) in [5.41, 5.74) is 7.15. The number of rotatable bonds is 4. The molecule has 1 aliphatic heterocycles. The molecular weight excluding hydrogens is 466 g/mol. The molecule has 35 heavy (non-hydrogen) atoms. The average molecular weight is 491 g/mol. The number of thioether (sulfide) groups is 1. The number of halogens is 2. The summed E-state index contributed by atoms with van der Waals surface area (Å²) < 4.78 is 29.1. The Morgan fingerprint density at radius 1 is 1.29 bits per heavy atom. The number of benzene rings is 1. The largest absolute Gasteiger partial charge is 0.378 e. The fourth-order valence-electron chi connectivity index (χ4n) is 4.23. The van der Waals surface area contributed by atoms with E-state index in [1.807, 2.05) is 0 Å². The zero-order chi connectivity index (χ0) is 25.0. The second-order valence-corrected chi connectivity index (χ2v) is 10.6. The number of amidine groups is 1. The van der Waals surface area contributed by atoms with Gasteiger partial charge in [0, 0.05) is 37.3 Å². The van der Waals surface area contributed by atoms with Gasteiger partial charge in [-0.05, 0) is 61.2 Å². The molecule has 0 unspecified atom stereocenters. The fourth-order valence-corrected chi connectivity index (χ4v) is 5.54. The first kappa shape index (κ1) is 23.3. The summed E-state index contributed by atoms with van der Waals surface area (Å²) in [6.07, 6.45) is 6.90. The third kappa shape index (κ3) is 4.25. The molecule has 178 valence electrons. The van der Waals surface area contributed by atoms with Crippen LogP contribution in [0.3, 0.4) is 0 Å². The molecule has 2 heterocycles. The molecule has 0 spiro atoms. The monoisotopic (exact) mass is 490 g/mol. The van der Waals surface area contributed by atoms with E-state index in [-0.39, 0.29) is 22.3 Å². The van der Waals surface area contributed by atoms with Crippen molar-refractivity contribution in [1.82, 2.24) is 9.88 Å². The van der Waals surface area contributed by atoms with Gasteiger partial charge in [-0.3, -0.25) is 9.78 Å². The SMILES string of the molecule is CN(C)C(=O)[C@]12C=C1[C@@](C)(c1cc(/C=C(\F)c3ccc(C#CC4CC4)cn3)ccc1F)N=C(N)S2. The number of hydrogen-bond acceptors (Lipinski definition) is 5. The predicted octanol–water partition coefficient (Wildman–Crippen LogP) is 4.49. The van der Waals surface area contributed by atoms with Gasteiger partial charge in [0.2, 0.25) is 5.91 Å². The average Bonchev–Trinajstić information content (AvgIpc) is 3.74. The Morgan fingerprint density at radius 3 is 2.71 bits per heavy atom. The number of aromatic nitrogens is 1. The summed E-state index contributed by atoms with van der Waals surface area (Å²) >= 11 is 1.16. The van der Waals surface area contributed by atoms with Gasteiger partial charge in [0.1, 0.15) is 21.9 Å². The van der Waals surface area contributed by atoms with Crippen molar-refractivity contribution in [3.63, 3.8) is 0 Å². The lowest BCUT2D eigenvalue weighted by atomic mass is 9.86. The Morgan fingerprint density at radius 2 is 2.06 bits per heavy atom. The van der Waals surface area contributed by atoms with Gasteiger partial charge in [-0.15, -0.1) is 0 Å². The molecule has 8 heteroatoms. The Labute approximate surface area is 207 Å². The van der Waals surface area contributed by atoms with Crippen LogP contribution in [0.25, 0.3) is 11.9 Å². The molecule has 1 aromatic heterocycles. The van der Waals surface area contributed by atoms with Gasteiger partial charge in [0.15, 0.2) is 5.17 Å². The molecule has 1 saturated carbocycles. The standard InChI is InChI=1S/C27H24F2N4OS/c1-26(23-14-27(23,24(34)33(2)3)35-25(30)32-26)19-12-18(8-10-20(19)28)13-21(29)22-11-9-17(15-31-22)7-6-16-4-5-16/h8-16H,4-5H2,1-3H3,(H2,30,32)/b21-13-/t26-,27+/m1/s1. The van der Waals surface area contributed by atoms with Crippen LogP contribution in [0.2, 0.25) is 0 Å². The Balaban J connectivity index is 1.45. The number of carbonyl (C=O) groups excluding carboxylic acids is 1. The molecule has 1 amide bonds. The third-order valence-corrected chi connectivity index (χ3v) is 7.46. The zero-order valence-electron chi connectivity index (χ0n) is 19.6. The molecule has 0 bridgehead atoms.